The molecule has 0 bridgehead atoms. The number of alkyl halides is 3. The smallest absolute Gasteiger partial charge is 0.302 e. The highest BCUT2D eigenvalue weighted by molar-refractivity contribution is 5.67. The lowest BCUT2D eigenvalue weighted by atomic mass is 10.1. The molecule has 2 heterocycles. The molecule has 2 aromatic heterocycles. The van der Waals surface area contributed by atoms with Gasteiger partial charge in [0.2, 0.25) is 0 Å². The van der Waals surface area contributed by atoms with Crippen molar-refractivity contribution in [2.24, 2.45) is 0 Å². The van der Waals surface area contributed by atoms with Crippen molar-refractivity contribution in [3.8, 4) is 17.3 Å². The molecule has 3 rings (SSSR count). The van der Waals surface area contributed by atoms with Crippen LogP contribution in [0.1, 0.15) is 11.3 Å². The minimum Gasteiger partial charge on any atom is -0.302 e. The lowest BCUT2D eigenvalue weighted by Gasteiger charge is -2.07. The minimum atomic E-state index is -4.37. The number of nitriles is 1. The number of aromatic nitrogens is 2. The lowest BCUT2D eigenvalue weighted by Crippen LogP contribution is -2.04. The summed E-state index contributed by atoms with van der Waals surface area (Å²) in [6.07, 6.45) is -2.46. The molecule has 0 N–H and O–H groups in total. The van der Waals surface area contributed by atoms with E-state index in [1.807, 2.05) is 12.1 Å². The molecule has 3 nitrogen and oxygen atoms in total. The molecule has 0 aliphatic heterocycles. The third-order valence-corrected chi connectivity index (χ3v) is 3.36. The van der Waals surface area contributed by atoms with E-state index in [1.165, 1.54) is 12.1 Å². The van der Waals surface area contributed by atoms with Crippen molar-refractivity contribution in [3.63, 3.8) is 0 Å². The van der Waals surface area contributed by atoms with Crippen LogP contribution in [-0.4, -0.2) is 9.38 Å². The van der Waals surface area contributed by atoms with E-state index in [9.17, 15) is 13.2 Å². The molecule has 0 spiro atoms. The summed E-state index contributed by atoms with van der Waals surface area (Å²) in [5, 5.41) is 8.98. The molecule has 1 aromatic carbocycles. The topological polar surface area (TPSA) is 41.1 Å². The standard InChI is InChI=1S/C16H10F3N3/c17-16(18,19)12-6-4-11(5-7-12)15-13(8-9-20)22-10-2-1-3-14(22)21-15/h1-7,10H,8H2. The maximum Gasteiger partial charge on any atom is 0.416 e. The summed E-state index contributed by atoms with van der Waals surface area (Å²) in [7, 11) is 0. The molecule has 0 atom stereocenters. The van der Waals surface area contributed by atoms with E-state index in [0.717, 1.165) is 12.1 Å². The van der Waals surface area contributed by atoms with Crippen LogP contribution < -0.4 is 0 Å². The molecule has 6 heteroatoms. The molecule has 110 valence electrons. The molecule has 3 aromatic rings. The van der Waals surface area contributed by atoms with Crippen molar-refractivity contribution >= 4 is 5.65 Å². The van der Waals surface area contributed by atoms with Gasteiger partial charge in [0.15, 0.2) is 0 Å². The highest BCUT2D eigenvalue weighted by atomic mass is 19.4. The van der Waals surface area contributed by atoms with E-state index in [1.54, 1.807) is 16.7 Å². The zero-order valence-electron chi connectivity index (χ0n) is 11.3. The molecule has 0 radical (unpaired) electrons. The van der Waals surface area contributed by atoms with Gasteiger partial charge in [-0.05, 0) is 24.3 Å². The molecule has 0 unspecified atom stereocenters. The fraction of sp³-hybridized carbons (Fsp3) is 0.125. The second-order valence-electron chi connectivity index (χ2n) is 4.75. The molecular formula is C16H10F3N3. The van der Waals surface area contributed by atoms with E-state index < -0.39 is 11.7 Å². The molecule has 0 saturated heterocycles. The number of rotatable bonds is 2. The number of imidazole rings is 1. The summed E-state index contributed by atoms with van der Waals surface area (Å²) >= 11 is 0. The minimum absolute atomic E-state index is 0.127. The van der Waals surface area contributed by atoms with Crippen LogP contribution in [-0.2, 0) is 12.6 Å². The summed E-state index contributed by atoms with van der Waals surface area (Å²) in [6.45, 7) is 0. The molecule has 0 aliphatic rings. The van der Waals surface area contributed by atoms with Gasteiger partial charge in [-0.25, -0.2) is 4.98 Å². The summed E-state index contributed by atoms with van der Waals surface area (Å²) < 4.78 is 39.7. The highest BCUT2D eigenvalue weighted by Crippen LogP contribution is 2.32. The van der Waals surface area contributed by atoms with Crippen LogP contribution in [0.25, 0.3) is 16.9 Å². The van der Waals surface area contributed by atoms with Crippen molar-refractivity contribution in [1.82, 2.24) is 9.38 Å². The summed E-state index contributed by atoms with van der Waals surface area (Å²) in [4.78, 5) is 4.42. The fourth-order valence-electron chi connectivity index (χ4n) is 2.34. The first-order valence-corrected chi connectivity index (χ1v) is 6.51. The van der Waals surface area contributed by atoms with Crippen molar-refractivity contribution in [2.45, 2.75) is 12.6 Å². The van der Waals surface area contributed by atoms with Gasteiger partial charge in [-0.3, -0.25) is 0 Å². The molecular weight excluding hydrogens is 291 g/mol. The van der Waals surface area contributed by atoms with Crippen LogP contribution >= 0.6 is 0 Å². The van der Waals surface area contributed by atoms with E-state index in [4.69, 9.17) is 5.26 Å². The Bertz CT molecular complexity index is 855. The summed E-state index contributed by atoms with van der Waals surface area (Å²) in [5.41, 5.74) is 1.70. The Labute approximate surface area is 124 Å². The van der Waals surface area contributed by atoms with Crippen LogP contribution in [0.4, 0.5) is 13.2 Å². The van der Waals surface area contributed by atoms with Gasteiger partial charge in [0.1, 0.15) is 5.65 Å². The number of benzene rings is 1. The molecule has 22 heavy (non-hydrogen) atoms. The third-order valence-electron chi connectivity index (χ3n) is 3.36. The first kappa shape index (κ1) is 14.1. The largest absolute Gasteiger partial charge is 0.416 e. The maximum atomic E-state index is 12.6. The Morgan fingerprint density at radius 2 is 1.82 bits per heavy atom. The molecule has 0 fully saturated rings. The first-order chi connectivity index (χ1) is 10.5. The van der Waals surface area contributed by atoms with Crippen LogP contribution in [0, 0.1) is 11.3 Å². The number of hydrogen-bond acceptors (Lipinski definition) is 2. The third kappa shape index (κ3) is 2.42. The maximum absolute atomic E-state index is 12.6. The predicted molar refractivity (Wildman–Crippen MR) is 74.9 cm³/mol. The van der Waals surface area contributed by atoms with E-state index in [2.05, 4.69) is 11.1 Å². The van der Waals surface area contributed by atoms with Gasteiger partial charge in [0.05, 0.1) is 29.4 Å². The number of pyridine rings is 1. The fourth-order valence-corrected chi connectivity index (χ4v) is 2.34. The van der Waals surface area contributed by atoms with Gasteiger partial charge in [0.25, 0.3) is 0 Å². The highest BCUT2D eigenvalue weighted by Gasteiger charge is 2.30. The van der Waals surface area contributed by atoms with Gasteiger partial charge < -0.3 is 4.40 Å². The van der Waals surface area contributed by atoms with Gasteiger partial charge >= 0.3 is 6.18 Å². The number of hydrogen-bond donors (Lipinski definition) is 0. The van der Waals surface area contributed by atoms with Crippen LogP contribution in [0.3, 0.4) is 0 Å². The lowest BCUT2D eigenvalue weighted by molar-refractivity contribution is -0.137. The molecule has 0 amide bonds. The Morgan fingerprint density at radius 3 is 2.45 bits per heavy atom. The quantitative estimate of drug-likeness (QED) is 0.715. The zero-order valence-corrected chi connectivity index (χ0v) is 11.3. The van der Waals surface area contributed by atoms with Crippen LogP contribution in [0.2, 0.25) is 0 Å². The Balaban J connectivity index is 2.13. The van der Waals surface area contributed by atoms with E-state index in [0.29, 0.717) is 22.6 Å². The molecule has 0 saturated carbocycles. The summed E-state index contributed by atoms with van der Waals surface area (Å²) in [5.74, 6) is 0. The SMILES string of the molecule is N#CCc1c(-c2ccc(C(F)(F)F)cc2)nc2ccccn12. The van der Waals surface area contributed by atoms with Crippen LogP contribution in [0.15, 0.2) is 48.7 Å². The summed E-state index contributed by atoms with van der Waals surface area (Å²) in [6, 6.07) is 12.3. The van der Waals surface area contributed by atoms with E-state index in [-0.39, 0.29) is 6.42 Å². The Kier molecular flexibility index (Phi) is 3.33. The van der Waals surface area contributed by atoms with Crippen molar-refractivity contribution in [3.05, 3.63) is 59.9 Å². The molecule has 0 aliphatic carbocycles. The van der Waals surface area contributed by atoms with Crippen molar-refractivity contribution in [2.75, 3.05) is 0 Å². The number of fused-ring (bicyclic) bond motifs is 1. The second kappa shape index (κ2) is 5.19. The van der Waals surface area contributed by atoms with Gasteiger partial charge in [-0.2, -0.15) is 18.4 Å². The van der Waals surface area contributed by atoms with Crippen molar-refractivity contribution < 1.29 is 13.2 Å². The normalized spacial score (nSPS) is 11.5. The predicted octanol–water partition coefficient (Wildman–Crippen LogP) is 4.09. The van der Waals surface area contributed by atoms with Gasteiger partial charge in [-0.15, -0.1) is 0 Å². The van der Waals surface area contributed by atoms with Crippen LogP contribution in [0.5, 0.6) is 0 Å². The van der Waals surface area contributed by atoms with Gasteiger partial charge in [0, 0.05) is 11.8 Å². The first-order valence-electron chi connectivity index (χ1n) is 6.51. The average Bonchev–Trinajstić information content (AvgIpc) is 2.86. The Hall–Kier alpha value is -2.81. The number of nitrogens with zero attached hydrogens (tertiary/aromatic N) is 3. The monoisotopic (exact) mass is 301 g/mol. The van der Waals surface area contributed by atoms with Gasteiger partial charge in [-0.1, -0.05) is 18.2 Å². The van der Waals surface area contributed by atoms with E-state index >= 15 is 0 Å². The second-order valence-corrected chi connectivity index (χ2v) is 4.75. The Morgan fingerprint density at radius 1 is 1.09 bits per heavy atom. The average molecular weight is 301 g/mol. The zero-order chi connectivity index (χ0) is 15.7. The van der Waals surface area contributed by atoms with Crippen molar-refractivity contribution in [1.29, 1.82) is 5.26 Å². The number of halogens is 3.